The molecule has 4 nitrogen and oxygen atoms in total. The van der Waals surface area contributed by atoms with E-state index in [1.165, 1.54) is 36.5 Å². The third-order valence-corrected chi connectivity index (χ3v) is 5.29. The van der Waals surface area contributed by atoms with E-state index in [0.717, 1.165) is 5.13 Å². The molecule has 5 heteroatoms. The highest BCUT2D eigenvalue weighted by atomic mass is 32.1. The highest BCUT2D eigenvalue weighted by Gasteiger charge is 2.27. The number of rotatable bonds is 3. The second-order valence-corrected chi connectivity index (χ2v) is 7.93. The molecule has 2 rings (SSSR count). The molecular formula is C15H28N4S. The lowest BCUT2D eigenvalue weighted by Crippen LogP contribution is -2.42. The summed E-state index contributed by atoms with van der Waals surface area (Å²) in [5, 5.41) is 1.13. The minimum Gasteiger partial charge on any atom is -0.348 e. The van der Waals surface area contributed by atoms with E-state index in [0.29, 0.717) is 12.6 Å². The fourth-order valence-electron chi connectivity index (χ4n) is 2.75. The normalized spacial score (nSPS) is 18.5. The summed E-state index contributed by atoms with van der Waals surface area (Å²) in [7, 11) is 4.38. The van der Waals surface area contributed by atoms with E-state index < -0.39 is 0 Å². The second-order valence-electron chi connectivity index (χ2n) is 6.87. The van der Waals surface area contributed by atoms with E-state index in [4.69, 9.17) is 10.7 Å². The van der Waals surface area contributed by atoms with Crippen LogP contribution in [0.4, 0.5) is 5.13 Å². The molecule has 0 aliphatic carbocycles. The van der Waals surface area contributed by atoms with Gasteiger partial charge in [0.1, 0.15) is 0 Å². The zero-order valence-corrected chi connectivity index (χ0v) is 14.3. The molecule has 0 amide bonds. The lowest BCUT2D eigenvalue weighted by atomic mass is 9.91. The van der Waals surface area contributed by atoms with Crippen molar-refractivity contribution in [3.05, 3.63) is 10.6 Å². The van der Waals surface area contributed by atoms with Gasteiger partial charge in [0.15, 0.2) is 5.13 Å². The van der Waals surface area contributed by atoms with E-state index in [-0.39, 0.29) is 5.41 Å². The van der Waals surface area contributed by atoms with Gasteiger partial charge >= 0.3 is 0 Å². The highest BCUT2D eigenvalue weighted by Crippen LogP contribution is 2.34. The van der Waals surface area contributed by atoms with E-state index in [1.54, 1.807) is 11.3 Å². The van der Waals surface area contributed by atoms with Gasteiger partial charge in [-0.3, -0.25) is 0 Å². The number of aromatic nitrogens is 1. The van der Waals surface area contributed by atoms with Crippen LogP contribution >= 0.6 is 11.3 Å². The number of likely N-dealkylation sites (tertiary alicyclic amines) is 1. The molecular weight excluding hydrogens is 268 g/mol. The third kappa shape index (κ3) is 3.32. The number of nitrogens with zero attached hydrogens (tertiary/aromatic N) is 3. The van der Waals surface area contributed by atoms with Crippen LogP contribution in [0.2, 0.25) is 0 Å². The minimum absolute atomic E-state index is 0.0665. The highest BCUT2D eigenvalue weighted by molar-refractivity contribution is 7.15. The predicted molar refractivity (Wildman–Crippen MR) is 87.6 cm³/mol. The van der Waals surface area contributed by atoms with E-state index in [9.17, 15) is 0 Å². The summed E-state index contributed by atoms with van der Waals surface area (Å²) >= 11 is 1.77. The Labute approximate surface area is 127 Å². The molecule has 1 fully saturated rings. The summed E-state index contributed by atoms with van der Waals surface area (Å²) in [6.07, 6.45) is 2.44. The van der Waals surface area contributed by atoms with Crippen LogP contribution in [0.25, 0.3) is 0 Å². The maximum Gasteiger partial charge on any atom is 0.185 e. The number of nitrogens with two attached hydrogens (primary N) is 1. The fraction of sp³-hybridized carbons (Fsp3) is 0.800. The third-order valence-electron chi connectivity index (χ3n) is 4.12. The summed E-state index contributed by atoms with van der Waals surface area (Å²) in [5.74, 6) is 0. The smallest absolute Gasteiger partial charge is 0.185 e. The van der Waals surface area contributed by atoms with Gasteiger partial charge in [-0.05, 0) is 33.0 Å². The van der Waals surface area contributed by atoms with E-state index >= 15 is 0 Å². The molecule has 2 heterocycles. The van der Waals surface area contributed by atoms with Crippen LogP contribution in [0.3, 0.4) is 0 Å². The molecule has 114 valence electrons. The maximum absolute atomic E-state index is 5.90. The molecule has 0 radical (unpaired) electrons. The van der Waals surface area contributed by atoms with Crippen LogP contribution in [0.15, 0.2) is 0 Å². The number of hydrogen-bond donors (Lipinski definition) is 1. The van der Waals surface area contributed by atoms with Crippen molar-refractivity contribution in [3.63, 3.8) is 0 Å². The van der Waals surface area contributed by atoms with Crippen LogP contribution in [0.5, 0.6) is 0 Å². The number of hydrogen-bond acceptors (Lipinski definition) is 5. The first kappa shape index (κ1) is 15.7. The first-order chi connectivity index (χ1) is 9.32. The Hall–Kier alpha value is -0.650. The monoisotopic (exact) mass is 296 g/mol. The van der Waals surface area contributed by atoms with Crippen molar-refractivity contribution in [2.45, 2.75) is 51.6 Å². The Bertz CT molecular complexity index is 441. The second kappa shape index (κ2) is 6.00. The SMILES string of the molecule is CN1CCC(N(C)c2nc(C(C)(C)C)c(CN)s2)CC1. The lowest BCUT2D eigenvalue weighted by molar-refractivity contribution is 0.253. The summed E-state index contributed by atoms with van der Waals surface area (Å²) in [6, 6.07) is 0.607. The Morgan fingerprint density at radius 3 is 2.40 bits per heavy atom. The summed E-state index contributed by atoms with van der Waals surface area (Å²) in [5.41, 5.74) is 7.14. The zero-order chi connectivity index (χ0) is 14.9. The number of piperidine rings is 1. The molecule has 1 saturated heterocycles. The summed E-state index contributed by atoms with van der Waals surface area (Å²) in [6.45, 7) is 9.57. The molecule has 2 N–H and O–H groups in total. The molecule has 20 heavy (non-hydrogen) atoms. The zero-order valence-electron chi connectivity index (χ0n) is 13.4. The molecule has 0 bridgehead atoms. The van der Waals surface area contributed by atoms with Crippen molar-refractivity contribution >= 4 is 16.5 Å². The maximum atomic E-state index is 5.90. The van der Waals surface area contributed by atoms with Gasteiger partial charge in [-0.25, -0.2) is 4.98 Å². The van der Waals surface area contributed by atoms with E-state index in [2.05, 4.69) is 44.7 Å². The number of thiazole rings is 1. The molecule has 1 aromatic heterocycles. The molecule has 0 aromatic carbocycles. The van der Waals surface area contributed by atoms with Crippen LogP contribution in [0, 0.1) is 0 Å². The van der Waals surface area contributed by atoms with E-state index in [1.807, 2.05) is 0 Å². The Kier molecular flexibility index (Phi) is 4.72. The van der Waals surface area contributed by atoms with Gasteiger partial charge < -0.3 is 15.5 Å². The van der Waals surface area contributed by atoms with Crippen molar-refractivity contribution < 1.29 is 0 Å². The van der Waals surface area contributed by atoms with Crippen LogP contribution in [0.1, 0.15) is 44.2 Å². The van der Waals surface area contributed by atoms with Gasteiger partial charge in [-0.15, -0.1) is 11.3 Å². The molecule has 0 unspecified atom stereocenters. The molecule has 1 aromatic rings. The summed E-state index contributed by atoms with van der Waals surface area (Å²) < 4.78 is 0. The lowest BCUT2D eigenvalue weighted by Gasteiger charge is -2.35. The molecule has 1 aliphatic heterocycles. The Morgan fingerprint density at radius 2 is 1.95 bits per heavy atom. The number of anilines is 1. The first-order valence-electron chi connectivity index (χ1n) is 7.44. The molecule has 0 atom stereocenters. The van der Waals surface area contributed by atoms with Crippen LogP contribution < -0.4 is 10.6 Å². The summed E-state index contributed by atoms with van der Waals surface area (Å²) in [4.78, 5) is 10.9. The van der Waals surface area contributed by atoms with Crippen molar-refractivity contribution in [2.75, 3.05) is 32.1 Å². The fourth-order valence-corrected chi connectivity index (χ4v) is 3.94. The average Bonchev–Trinajstić information content (AvgIpc) is 2.83. The van der Waals surface area contributed by atoms with Gasteiger partial charge in [0.25, 0.3) is 0 Å². The van der Waals surface area contributed by atoms with Gasteiger partial charge in [-0.2, -0.15) is 0 Å². The van der Waals surface area contributed by atoms with Crippen LogP contribution in [-0.4, -0.2) is 43.1 Å². The predicted octanol–water partition coefficient (Wildman–Crippen LogP) is 2.43. The molecule has 0 spiro atoms. The van der Waals surface area contributed by atoms with Gasteiger partial charge in [0, 0.05) is 29.9 Å². The average molecular weight is 296 g/mol. The van der Waals surface area contributed by atoms with Gasteiger partial charge in [0.05, 0.1) is 5.69 Å². The first-order valence-corrected chi connectivity index (χ1v) is 8.26. The van der Waals surface area contributed by atoms with Gasteiger partial charge in [-0.1, -0.05) is 20.8 Å². The molecule has 1 aliphatic rings. The van der Waals surface area contributed by atoms with Crippen molar-refractivity contribution in [2.24, 2.45) is 5.73 Å². The Morgan fingerprint density at radius 1 is 1.35 bits per heavy atom. The van der Waals surface area contributed by atoms with Crippen molar-refractivity contribution in [1.82, 2.24) is 9.88 Å². The topological polar surface area (TPSA) is 45.4 Å². The molecule has 0 saturated carbocycles. The Balaban J connectivity index is 2.18. The van der Waals surface area contributed by atoms with Crippen LogP contribution in [-0.2, 0) is 12.0 Å². The van der Waals surface area contributed by atoms with Crippen molar-refractivity contribution in [3.8, 4) is 0 Å². The standard InChI is InChI=1S/C15H28N4S/c1-15(2,3)13-12(10-16)20-14(17-13)19(5)11-6-8-18(4)9-7-11/h11H,6-10,16H2,1-5H3. The van der Waals surface area contributed by atoms with Crippen molar-refractivity contribution in [1.29, 1.82) is 0 Å². The largest absolute Gasteiger partial charge is 0.348 e. The minimum atomic E-state index is 0.0665. The quantitative estimate of drug-likeness (QED) is 0.930. The van der Waals surface area contributed by atoms with Gasteiger partial charge in [0.2, 0.25) is 0 Å².